The van der Waals surface area contributed by atoms with Crippen molar-refractivity contribution in [2.75, 3.05) is 24.5 Å². The van der Waals surface area contributed by atoms with Gasteiger partial charge in [-0.1, -0.05) is 30.3 Å². The lowest BCUT2D eigenvalue weighted by molar-refractivity contribution is 0.0959. The third kappa shape index (κ3) is 3.47. The maximum absolute atomic E-state index is 4.40. The van der Waals surface area contributed by atoms with Crippen LogP contribution in [0.3, 0.4) is 0 Å². The van der Waals surface area contributed by atoms with Gasteiger partial charge in [-0.15, -0.1) is 0 Å². The number of nitrogens with zero attached hydrogens (tertiary/aromatic N) is 4. The first-order valence-corrected chi connectivity index (χ1v) is 8.35. The van der Waals surface area contributed by atoms with Gasteiger partial charge in [0.15, 0.2) is 0 Å². The lowest BCUT2D eigenvalue weighted by atomic mass is 9.97. The van der Waals surface area contributed by atoms with E-state index in [1.165, 1.54) is 5.56 Å². The molecule has 3 rings (SSSR count). The largest absolute Gasteiger partial charge is 0.353 e. The number of hydrogen-bond donors (Lipinski definition) is 0. The molecule has 2 aromatic rings. The predicted molar refractivity (Wildman–Crippen MR) is 92.9 cm³/mol. The third-order valence-electron chi connectivity index (χ3n) is 4.23. The Morgan fingerprint density at radius 2 is 1.91 bits per heavy atom. The number of aromatic nitrogens is 2. The van der Waals surface area contributed by atoms with Gasteiger partial charge in [0, 0.05) is 37.8 Å². The summed E-state index contributed by atoms with van der Waals surface area (Å²) in [7, 11) is 0. The summed E-state index contributed by atoms with van der Waals surface area (Å²) < 4.78 is 0.835. The van der Waals surface area contributed by atoms with Crippen LogP contribution in [0.5, 0.6) is 0 Å². The number of hydrogen-bond acceptors (Lipinski definition) is 4. The van der Waals surface area contributed by atoms with E-state index in [-0.39, 0.29) is 5.54 Å². The smallest absolute Gasteiger partial charge is 0.133 e. The number of anilines is 1. The van der Waals surface area contributed by atoms with Gasteiger partial charge in [0.05, 0.1) is 0 Å². The first-order valence-electron chi connectivity index (χ1n) is 7.56. The van der Waals surface area contributed by atoms with Crippen LogP contribution in [-0.4, -0.2) is 40.0 Å². The molecule has 0 spiro atoms. The Morgan fingerprint density at radius 3 is 2.59 bits per heavy atom. The van der Waals surface area contributed by atoms with Crippen molar-refractivity contribution in [1.82, 2.24) is 14.9 Å². The quantitative estimate of drug-likeness (QED) is 0.785. The maximum atomic E-state index is 4.40. The summed E-state index contributed by atoms with van der Waals surface area (Å²) in [6.07, 6.45) is 1.61. The fourth-order valence-corrected chi connectivity index (χ4v) is 3.28. The van der Waals surface area contributed by atoms with E-state index in [0.717, 1.165) is 36.6 Å². The second kappa shape index (κ2) is 6.34. The van der Waals surface area contributed by atoms with Gasteiger partial charge >= 0.3 is 0 Å². The standard InChI is InChI=1S/C17H21BrN4/c1-17(2)12-21(16-10-15(18)19-13-20-16)8-9-22(17)11-14-6-4-3-5-7-14/h3-7,10,13H,8-9,11-12H2,1-2H3. The first kappa shape index (κ1) is 15.4. The Balaban J connectivity index is 1.72. The van der Waals surface area contributed by atoms with Crippen molar-refractivity contribution >= 4 is 21.7 Å². The van der Waals surface area contributed by atoms with Gasteiger partial charge in [0.2, 0.25) is 0 Å². The van der Waals surface area contributed by atoms with Crippen LogP contribution in [0.2, 0.25) is 0 Å². The fraction of sp³-hybridized carbons (Fsp3) is 0.412. The summed E-state index contributed by atoms with van der Waals surface area (Å²) in [4.78, 5) is 13.4. The molecule has 0 unspecified atom stereocenters. The molecule has 1 aliphatic rings. The molecule has 0 amide bonds. The minimum absolute atomic E-state index is 0.103. The molecule has 1 aliphatic heterocycles. The van der Waals surface area contributed by atoms with Crippen LogP contribution in [0.25, 0.3) is 0 Å². The van der Waals surface area contributed by atoms with Crippen LogP contribution in [0.4, 0.5) is 5.82 Å². The maximum Gasteiger partial charge on any atom is 0.133 e. The summed E-state index contributed by atoms with van der Waals surface area (Å²) in [5, 5.41) is 0. The molecule has 0 atom stereocenters. The van der Waals surface area contributed by atoms with Crippen LogP contribution in [0.15, 0.2) is 47.3 Å². The van der Waals surface area contributed by atoms with Gasteiger partial charge in [-0.3, -0.25) is 4.90 Å². The number of halogens is 1. The lowest BCUT2D eigenvalue weighted by Crippen LogP contribution is -2.59. The molecule has 2 heterocycles. The molecule has 0 N–H and O–H groups in total. The molecule has 0 aliphatic carbocycles. The second-order valence-corrected chi connectivity index (χ2v) is 7.15. The molecule has 0 radical (unpaired) electrons. The van der Waals surface area contributed by atoms with Crippen LogP contribution < -0.4 is 4.90 Å². The Bertz CT molecular complexity index is 630. The highest BCUT2D eigenvalue weighted by Gasteiger charge is 2.34. The summed E-state index contributed by atoms with van der Waals surface area (Å²) >= 11 is 3.43. The number of rotatable bonds is 3. The Morgan fingerprint density at radius 1 is 1.14 bits per heavy atom. The Kier molecular flexibility index (Phi) is 4.45. The number of benzene rings is 1. The summed E-state index contributed by atoms with van der Waals surface area (Å²) in [5.41, 5.74) is 1.47. The van der Waals surface area contributed by atoms with Crippen molar-refractivity contribution in [2.45, 2.75) is 25.9 Å². The minimum atomic E-state index is 0.103. The molecule has 4 nitrogen and oxygen atoms in total. The van der Waals surface area contributed by atoms with Crippen LogP contribution in [-0.2, 0) is 6.54 Å². The molecule has 0 saturated carbocycles. The highest BCUT2D eigenvalue weighted by Crippen LogP contribution is 2.26. The topological polar surface area (TPSA) is 32.3 Å². The highest BCUT2D eigenvalue weighted by molar-refractivity contribution is 9.10. The van der Waals surface area contributed by atoms with Gasteiger partial charge < -0.3 is 4.90 Å². The van der Waals surface area contributed by atoms with Crippen LogP contribution >= 0.6 is 15.9 Å². The van der Waals surface area contributed by atoms with Crippen molar-refractivity contribution in [3.05, 3.63) is 52.9 Å². The summed E-state index contributed by atoms with van der Waals surface area (Å²) in [6.45, 7) is 8.58. The lowest BCUT2D eigenvalue weighted by Gasteiger charge is -2.47. The van der Waals surface area contributed by atoms with E-state index in [0.29, 0.717) is 0 Å². The zero-order chi connectivity index (χ0) is 15.6. The van der Waals surface area contributed by atoms with Crippen molar-refractivity contribution in [3.63, 3.8) is 0 Å². The van der Waals surface area contributed by atoms with E-state index in [9.17, 15) is 0 Å². The molecule has 1 aromatic heterocycles. The molecule has 116 valence electrons. The number of piperazine rings is 1. The van der Waals surface area contributed by atoms with Gasteiger partial charge in [-0.25, -0.2) is 9.97 Å². The van der Waals surface area contributed by atoms with Crippen LogP contribution in [0, 0.1) is 0 Å². The minimum Gasteiger partial charge on any atom is -0.353 e. The average molecular weight is 361 g/mol. The van der Waals surface area contributed by atoms with Crippen molar-refractivity contribution in [1.29, 1.82) is 0 Å². The summed E-state index contributed by atoms with van der Waals surface area (Å²) in [6, 6.07) is 12.7. The fourth-order valence-electron chi connectivity index (χ4n) is 2.98. The van der Waals surface area contributed by atoms with E-state index in [2.05, 4.69) is 79.9 Å². The first-order chi connectivity index (χ1) is 10.5. The molecule has 5 heteroatoms. The van der Waals surface area contributed by atoms with E-state index >= 15 is 0 Å². The molecule has 1 fully saturated rings. The summed E-state index contributed by atoms with van der Waals surface area (Å²) in [5.74, 6) is 0.995. The molecular formula is C17H21BrN4. The monoisotopic (exact) mass is 360 g/mol. The molecule has 1 aromatic carbocycles. The zero-order valence-corrected chi connectivity index (χ0v) is 14.6. The van der Waals surface area contributed by atoms with Crippen molar-refractivity contribution < 1.29 is 0 Å². The molecule has 1 saturated heterocycles. The van der Waals surface area contributed by atoms with Gasteiger partial charge in [-0.2, -0.15) is 0 Å². The molecule has 22 heavy (non-hydrogen) atoms. The van der Waals surface area contributed by atoms with E-state index in [4.69, 9.17) is 0 Å². The average Bonchev–Trinajstić information content (AvgIpc) is 2.50. The predicted octanol–water partition coefficient (Wildman–Crippen LogP) is 3.34. The van der Waals surface area contributed by atoms with Gasteiger partial charge in [0.25, 0.3) is 0 Å². The van der Waals surface area contributed by atoms with E-state index < -0.39 is 0 Å². The third-order valence-corrected chi connectivity index (χ3v) is 4.67. The van der Waals surface area contributed by atoms with Crippen LogP contribution in [0.1, 0.15) is 19.4 Å². The van der Waals surface area contributed by atoms with E-state index in [1.54, 1.807) is 6.33 Å². The second-order valence-electron chi connectivity index (χ2n) is 6.34. The molecular weight excluding hydrogens is 340 g/mol. The Labute approximate surface area is 140 Å². The highest BCUT2D eigenvalue weighted by atomic mass is 79.9. The van der Waals surface area contributed by atoms with E-state index in [1.807, 2.05) is 6.07 Å². The van der Waals surface area contributed by atoms with Crippen molar-refractivity contribution in [2.24, 2.45) is 0 Å². The molecule has 0 bridgehead atoms. The van der Waals surface area contributed by atoms with Gasteiger partial charge in [-0.05, 0) is 35.3 Å². The zero-order valence-electron chi connectivity index (χ0n) is 13.0. The SMILES string of the molecule is CC1(C)CN(c2cc(Br)ncn2)CCN1Cc1ccccc1. The van der Waals surface area contributed by atoms with Crippen molar-refractivity contribution in [3.8, 4) is 0 Å². The Hall–Kier alpha value is -1.46. The van der Waals surface area contributed by atoms with Gasteiger partial charge in [0.1, 0.15) is 16.7 Å². The normalized spacial score (nSPS) is 18.4.